The highest BCUT2D eigenvalue weighted by molar-refractivity contribution is 14.0. The fourth-order valence-electron chi connectivity index (χ4n) is 1.69. The number of aryl methyl sites for hydroxylation is 1. The van der Waals surface area contributed by atoms with Crippen LogP contribution in [0.2, 0.25) is 0 Å². The number of hydrogen-bond acceptors (Lipinski definition) is 3. The third-order valence-electron chi connectivity index (χ3n) is 2.72. The lowest BCUT2D eigenvalue weighted by Gasteiger charge is -2.11. The smallest absolute Gasteiger partial charge is 0.189 e. The number of nitrogens with one attached hydrogen (secondary N) is 1. The van der Waals surface area contributed by atoms with Crippen molar-refractivity contribution in [3.05, 3.63) is 35.2 Å². The van der Waals surface area contributed by atoms with Gasteiger partial charge in [0.2, 0.25) is 0 Å². The molecule has 1 aromatic rings. The number of aromatic nitrogens is 1. The van der Waals surface area contributed by atoms with E-state index in [4.69, 9.17) is 10.5 Å². The fourth-order valence-corrected chi connectivity index (χ4v) is 1.69. The monoisotopic (exact) mass is 390 g/mol. The summed E-state index contributed by atoms with van der Waals surface area (Å²) in [6, 6.07) is 0. The Hall–Kier alpha value is -1.31. The van der Waals surface area contributed by atoms with E-state index < -0.39 is 0 Å². The molecule has 1 rings (SSSR count). The largest absolute Gasteiger partial charge is 0.496 e. The van der Waals surface area contributed by atoms with Crippen LogP contribution >= 0.6 is 24.0 Å². The van der Waals surface area contributed by atoms with Crippen molar-refractivity contribution < 1.29 is 4.74 Å². The van der Waals surface area contributed by atoms with Crippen molar-refractivity contribution in [3.8, 4) is 5.75 Å². The molecule has 0 saturated carbocycles. The zero-order valence-electron chi connectivity index (χ0n) is 12.5. The third kappa shape index (κ3) is 5.36. The second-order valence-electron chi connectivity index (χ2n) is 4.56. The number of pyridine rings is 1. The minimum Gasteiger partial charge on any atom is -0.496 e. The van der Waals surface area contributed by atoms with Crippen LogP contribution in [0, 0.1) is 13.8 Å². The van der Waals surface area contributed by atoms with Gasteiger partial charge in [-0.15, -0.1) is 24.0 Å². The Morgan fingerprint density at radius 2 is 2.15 bits per heavy atom. The zero-order valence-corrected chi connectivity index (χ0v) is 14.8. The van der Waals surface area contributed by atoms with Crippen LogP contribution < -0.4 is 15.8 Å². The van der Waals surface area contributed by atoms with E-state index in [2.05, 4.69) is 21.9 Å². The number of ether oxygens (including phenoxy) is 1. The maximum Gasteiger partial charge on any atom is 0.189 e. The van der Waals surface area contributed by atoms with Crippen molar-refractivity contribution in [1.82, 2.24) is 10.3 Å². The van der Waals surface area contributed by atoms with Crippen molar-refractivity contribution in [2.24, 2.45) is 10.7 Å². The third-order valence-corrected chi connectivity index (χ3v) is 2.72. The topological polar surface area (TPSA) is 72.5 Å². The lowest BCUT2D eigenvalue weighted by Crippen LogP contribution is -2.32. The minimum atomic E-state index is 0. The summed E-state index contributed by atoms with van der Waals surface area (Å²) in [5.41, 5.74) is 9.64. The van der Waals surface area contributed by atoms with Crippen LogP contribution in [0.25, 0.3) is 0 Å². The molecule has 0 unspecified atom stereocenters. The molecule has 0 aliphatic carbocycles. The van der Waals surface area contributed by atoms with Crippen molar-refractivity contribution in [1.29, 1.82) is 0 Å². The highest BCUT2D eigenvalue weighted by atomic mass is 127. The molecule has 5 nitrogen and oxygen atoms in total. The van der Waals surface area contributed by atoms with Gasteiger partial charge in [-0.05, 0) is 20.8 Å². The first kappa shape index (κ1) is 18.7. The summed E-state index contributed by atoms with van der Waals surface area (Å²) in [4.78, 5) is 8.62. The maximum absolute atomic E-state index is 5.76. The van der Waals surface area contributed by atoms with Gasteiger partial charge in [0, 0.05) is 23.9 Å². The second-order valence-corrected chi connectivity index (χ2v) is 4.56. The summed E-state index contributed by atoms with van der Waals surface area (Å²) in [5, 5.41) is 2.98. The van der Waals surface area contributed by atoms with Gasteiger partial charge < -0.3 is 15.8 Å². The average molecular weight is 390 g/mol. The van der Waals surface area contributed by atoms with Crippen molar-refractivity contribution in [2.45, 2.75) is 27.3 Å². The Kier molecular flexibility index (Phi) is 8.21. The molecule has 20 heavy (non-hydrogen) atoms. The number of halogens is 1. The number of aliphatic imine (C=N–C) groups is 1. The van der Waals surface area contributed by atoms with E-state index in [-0.39, 0.29) is 24.0 Å². The van der Waals surface area contributed by atoms with Crippen LogP contribution in [0.5, 0.6) is 5.75 Å². The van der Waals surface area contributed by atoms with Crippen LogP contribution in [0.3, 0.4) is 0 Å². The fraction of sp³-hybridized carbons (Fsp3) is 0.429. The van der Waals surface area contributed by atoms with Crippen LogP contribution in [0.1, 0.15) is 23.7 Å². The van der Waals surface area contributed by atoms with Crippen LogP contribution in [-0.4, -0.2) is 24.6 Å². The molecule has 0 radical (unpaired) electrons. The first-order chi connectivity index (χ1) is 8.95. The number of rotatable bonds is 5. The summed E-state index contributed by atoms with van der Waals surface area (Å²) < 4.78 is 5.36. The van der Waals surface area contributed by atoms with E-state index >= 15 is 0 Å². The Morgan fingerprint density at radius 3 is 2.70 bits per heavy atom. The van der Waals surface area contributed by atoms with Crippen LogP contribution in [-0.2, 0) is 6.54 Å². The standard InChI is InChI=1S/C14H22N4O.HI/c1-9(2)6-17-14(15)18-8-12-11(4)13(19-5)10(3)7-16-12;/h7H,1,6,8H2,2-5H3,(H3,15,17,18);1H. The Morgan fingerprint density at radius 1 is 1.50 bits per heavy atom. The van der Waals surface area contributed by atoms with E-state index in [1.807, 2.05) is 20.8 Å². The SMILES string of the molecule is C=C(C)CNC(N)=NCc1ncc(C)c(OC)c1C.I. The molecule has 1 aromatic heterocycles. The number of nitrogens with two attached hydrogens (primary N) is 1. The predicted molar refractivity (Wildman–Crippen MR) is 93.8 cm³/mol. The molecule has 0 fully saturated rings. The molecule has 0 atom stereocenters. The second kappa shape index (κ2) is 8.78. The minimum absolute atomic E-state index is 0. The molecule has 0 aliphatic rings. The molecule has 0 aromatic carbocycles. The molecule has 112 valence electrons. The molecule has 6 heteroatoms. The first-order valence-electron chi connectivity index (χ1n) is 6.13. The van der Waals surface area contributed by atoms with Gasteiger partial charge in [0.1, 0.15) is 5.75 Å². The van der Waals surface area contributed by atoms with Gasteiger partial charge in [0.25, 0.3) is 0 Å². The van der Waals surface area contributed by atoms with Crippen LogP contribution in [0.15, 0.2) is 23.3 Å². The van der Waals surface area contributed by atoms with E-state index in [1.54, 1.807) is 13.3 Å². The lowest BCUT2D eigenvalue weighted by molar-refractivity contribution is 0.407. The molecule has 0 spiro atoms. The summed E-state index contributed by atoms with van der Waals surface area (Å²) in [6.45, 7) is 10.7. The Labute approximate surface area is 137 Å². The first-order valence-corrected chi connectivity index (χ1v) is 6.13. The quantitative estimate of drug-likeness (QED) is 0.350. The molecule has 0 bridgehead atoms. The van der Waals surface area contributed by atoms with Gasteiger partial charge >= 0.3 is 0 Å². The normalized spacial score (nSPS) is 10.7. The zero-order chi connectivity index (χ0) is 14.4. The van der Waals surface area contributed by atoms with Gasteiger partial charge in [-0.3, -0.25) is 4.98 Å². The number of nitrogens with zero attached hydrogens (tertiary/aromatic N) is 2. The van der Waals surface area contributed by atoms with Crippen molar-refractivity contribution in [3.63, 3.8) is 0 Å². The molecule has 0 aliphatic heterocycles. The van der Waals surface area contributed by atoms with Gasteiger partial charge in [-0.2, -0.15) is 0 Å². The van der Waals surface area contributed by atoms with Crippen molar-refractivity contribution >= 4 is 29.9 Å². The van der Waals surface area contributed by atoms with Crippen LogP contribution in [0.4, 0.5) is 0 Å². The molecule has 1 heterocycles. The Balaban J connectivity index is 0.00000361. The molecule has 0 amide bonds. The molecule has 0 saturated heterocycles. The highest BCUT2D eigenvalue weighted by Crippen LogP contribution is 2.24. The number of methoxy groups -OCH3 is 1. The van der Waals surface area contributed by atoms with Gasteiger partial charge in [-0.1, -0.05) is 12.2 Å². The summed E-state index contributed by atoms with van der Waals surface area (Å²) in [5.74, 6) is 1.25. The summed E-state index contributed by atoms with van der Waals surface area (Å²) >= 11 is 0. The molecular weight excluding hydrogens is 367 g/mol. The lowest BCUT2D eigenvalue weighted by atomic mass is 10.1. The summed E-state index contributed by atoms with van der Waals surface area (Å²) in [7, 11) is 1.66. The highest BCUT2D eigenvalue weighted by Gasteiger charge is 2.08. The molecule has 3 N–H and O–H groups in total. The number of guanidine groups is 1. The van der Waals surface area contributed by atoms with E-state index in [9.17, 15) is 0 Å². The average Bonchev–Trinajstić information content (AvgIpc) is 2.36. The maximum atomic E-state index is 5.76. The van der Waals surface area contributed by atoms with Gasteiger partial charge in [0.05, 0.1) is 19.3 Å². The number of hydrogen-bond donors (Lipinski definition) is 2. The molecular formula is C14H23IN4O. The Bertz CT molecular complexity index is 500. The van der Waals surface area contributed by atoms with E-state index in [0.717, 1.165) is 28.1 Å². The van der Waals surface area contributed by atoms with E-state index in [1.165, 1.54) is 0 Å². The predicted octanol–water partition coefficient (Wildman–Crippen LogP) is 2.31. The van der Waals surface area contributed by atoms with Gasteiger partial charge in [-0.25, -0.2) is 4.99 Å². The van der Waals surface area contributed by atoms with Gasteiger partial charge in [0.15, 0.2) is 5.96 Å². The van der Waals surface area contributed by atoms with E-state index in [0.29, 0.717) is 19.0 Å². The van der Waals surface area contributed by atoms with Crippen molar-refractivity contribution in [2.75, 3.05) is 13.7 Å². The summed E-state index contributed by atoms with van der Waals surface area (Å²) in [6.07, 6.45) is 1.79.